The lowest BCUT2D eigenvalue weighted by atomic mass is 10.9. The number of hydrogen-bond acceptors (Lipinski definition) is 3. The molecule has 0 aromatic heterocycles. The fraction of sp³-hybridized carbons (Fsp3) is 1.00. The Kier molecular flexibility index (Phi) is 8.77. The van der Waals surface area contributed by atoms with E-state index in [-0.39, 0.29) is 0 Å². The summed E-state index contributed by atoms with van der Waals surface area (Å²) in [6, 6.07) is 0. The van der Waals surface area contributed by atoms with Gasteiger partial charge in [0.25, 0.3) is 0 Å². The quantitative estimate of drug-likeness (QED) is 0.484. The maximum Gasteiger partial charge on any atom is 0.0680 e. The van der Waals surface area contributed by atoms with Gasteiger partial charge in [-0.25, -0.2) is 0 Å². The first kappa shape index (κ1) is 9.88. The van der Waals surface area contributed by atoms with Crippen molar-refractivity contribution in [3.8, 4) is 0 Å². The molecule has 1 fully saturated rings. The van der Waals surface area contributed by atoms with E-state index in [1.807, 2.05) is 13.8 Å². The zero-order valence-electron chi connectivity index (χ0n) is 6.85. The molecule has 0 aromatic carbocycles. The van der Waals surface area contributed by atoms with Gasteiger partial charge in [0, 0.05) is 0 Å². The third-order valence-electron chi connectivity index (χ3n) is 0.760. The maximum atomic E-state index is 4.60. The Balaban J connectivity index is 0.000000219. The zero-order valence-corrected chi connectivity index (χ0v) is 6.85. The lowest BCUT2D eigenvalue weighted by molar-refractivity contribution is -0.163. The Morgan fingerprint density at radius 3 is 1.60 bits per heavy atom. The van der Waals surface area contributed by atoms with Gasteiger partial charge in [0.15, 0.2) is 0 Å². The van der Waals surface area contributed by atoms with Crippen molar-refractivity contribution in [3.63, 3.8) is 0 Å². The van der Waals surface area contributed by atoms with E-state index in [0.717, 1.165) is 0 Å². The monoisotopic (exact) mass is 147 g/mol. The number of nitrogens with one attached hydrogen (secondary N) is 1. The van der Waals surface area contributed by atoms with Crippen LogP contribution in [0, 0.1) is 0 Å². The molecule has 0 amide bonds. The molecule has 1 saturated carbocycles. The van der Waals surface area contributed by atoms with Crippen molar-refractivity contribution in [2.45, 2.75) is 33.1 Å². The van der Waals surface area contributed by atoms with Gasteiger partial charge in [-0.05, 0) is 13.8 Å². The molecule has 1 N–H and O–H groups in total. The summed E-state index contributed by atoms with van der Waals surface area (Å²) in [5, 5.41) is 0. The average Bonchev–Trinajstić information content (AvgIpc) is 2.73. The predicted molar refractivity (Wildman–Crippen MR) is 40.2 cm³/mol. The van der Waals surface area contributed by atoms with Gasteiger partial charge in [0.05, 0.1) is 13.2 Å². The highest BCUT2D eigenvalue weighted by Gasteiger charge is 1.95. The second-order valence-electron chi connectivity index (χ2n) is 2.01. The SMILES string of the molecule is C1CC1.CCONOCC. The highest BCUT2D eigenvalue weighted by Crippen LogP contribution is 2.14. The minimum absolute atomic E-state index is 0.625. The maximum absolute atomic E-state index is 4.60. The van der Waals surface area contributed by atoms with Crippen LogP contribution in [0.3, 0.4) is 0 Å². The van der Waals surface area contributed by atoms with Crippen molar-refractivity contribution in [3.05, 3.63) is 0 Å². The highest BCUT2D eigenvalue weighted by atomic mass is 16.9. The van der Waals surface area contributed by atoms with Crippen LogP contribution in [0.15, 0.2) is 0 Å². The summed E-state index contributed by atoms with van der Waals surface area (Å²) in [6.45, 7) is 5.01. The first-order valence-corrected chi connectivity index (χ1v) is 3.90. The molecule has 1 aliphatic carbocycles. The Bertz CT molecular complexity index is 50.8. The summed E-state index contributed by atoms with van der Waals surface area (Å²) in [6.07, 6.45) is 4.50. The summed E-state index contributed by atoms with van der Waals surface area (Å²) < 4.78 is 0. The van der Waals surface area contributed by atoms with E-state index in [4.69, 9.17) is 0 Å². The first-order chi connectivity index (χ1) is 4.91. The number of rotatable bonds is 4. The van der Waals surface area contributed by atoms with Crippen LogP contribution in [0.5, 0.6) is 0 Å². The van der Waals surface area contributed by atoms with Crippen LogP contribution in [-0.2, 0) is 9.68 Å². The third kappa shape index (κ3) is 15.7. The molecule has 62 valence electrons. The lowest BCUT2D eigenvalue weighted by Crippen LogP contribution is -2.14. The molecular weight excluding hydrogens is 130 g/mol. The van der Waals surface area contributed by atoms with Gasteiger partial charge in [-0.3, -0.25) is 9.68 Å². The molecule has 0 radical (unpaired) electrons. The smallest absolute Gasteiger partial charge is 0.0680 e. The fourth-order valence-electron chi connectivity index (χ4n) is 0.160. The first-order valence-electron chi connectivity index (χ1n) is 3.90. The normalized spacial score (nSPS) is 13.8. The molecule has 3 heteroatoms. The molecule has 0 unspecified atom stereocenters. The van der Waals surface area contributed by atoms with Crippen LogP contribution in [0.1, 0.15) is 33.1 Å². The average molecular weight is 147 g/mol. The largest absolute Gasteiger partial charge is 0.277 e. The van der Waals surface area contributed by atoms with Crippen molar-refractivity contribution in [1.29, 1.82) is 0 Å². The summed E-state index contributed by atoms with van der Waals surface area (Å²) in [5.41, 5.74) is 2.28. The van der Waals surface area contributed by atoms with Gasteiger partial charge in [0.2, 0.25) is 0 Å². The Labute approximate surface area is 62.6 Å². The second-order valence-corrected chi connectivity index (χ2v) is 2.01. The van der Waals surface area contributed by atoms with E-state index in [1.165, 1.54) is 19.3 Å². The topological polar surface area (TPSA) is 30.5 Å². The van der Waals surface area contributed by atoms with E-state index >= 15 is 0 Å². The Morgan fingerprint density at radius 1 is 1.00 bits per heavy atom. The van der Waals surface area contributed by atoms with Crippen molar-refractivity contribution >= 4 is 0 Å². The molecule has 10 heavy (non-hydrogen) atoms. The van der Waals surface area contributed by atoms with E-state index in [0.29, 0.717) is 13.2 Å². The van der Waals surface area contributed by atoms with E-state index in [1.54, 1.807) is 0 Å². The predicted octanol–water partition coefficient (Wildman–Crippen LogP) is 1.65. The van der Waals surface area contributed by atoms with Crippen LogP contribution in [0.4, 0.5) is 0 Å². The second kappa shape index (κ2) is 8.88. The fourth-order valence-corrected chi connectivity index (χ4v) is 0.160. The van der Waals surface area contributed by atoms with E-state index in [9.17, 15) is 0 Å². The standard InChI is InChI=1S/C4H11NO2.C3H6/c1-3-6-5-7-4-2;1-2-3-1/h5H,3-4H2,1-2H3;1-3H2. The van der Waals surface area contributed by atoms with Gasteiger partial charge >= 0.3 is 0 Å². The van der Waals surface area contributed by atoms with Crippen molar-refractivity contribution in [2.24, 2.45) is 0 Å². The van der Waals surface area contributed by atoms with Crippen molar-refractivity contribution in [2.75, 3.05) is 13.2 Å². The van der Waals surface area contributed by atoms with Gasteiger partial charge in [-0.1, -0.05) is 24.9 Å². The molecule has 0 atom stereocenters. The van der Waals surface area contributed by atoms with Gasteiger partial charge in [0.1, 0.15) is 0 Å². The molecule has 0 aliphatic heterocycles. The molecule has 0 bridgehead atoms. The van der Waals surface area contributed by atoms with Crippen molar-refractivity contribution < 1.29 is 9.68 Å². The molecule has 3 nitrogen and oxygen atoms in total. The van der Waals surface area contributed by atoms with Gasteiger partial charge in [-0.15, -0.1) is 0 Å². The summed E-state index contributed by atoms with van der Waals surface area (Å²) >= 11 is 0. The molecule has 0 heterocycles. The van der Waals surface area contributed by atoms with Crippen LogP contribution in [0.2, 0.25) is 0 Å². The molecular formula is C7H17NO2. The zero-order chi connectivity index (χ0) is 7.66. The minimum atomic E-state index is 0.625. The van der Waals surface area contributed by atoms with E-state index in [2.05, 4.69) is 15.3 Å². The Hall–Kier alpha value is -0.120. The lowest BCUT2D eigenvalue weighted by Gasteiger charge is -1.98. The summed E-state index contributed by atoms with van der Waals surface area (Å²) in [7, 11) is 0. The van der Waals surface area contributed by atoms with Gasteiger partial charge in [-0.2, -0.15) is 0 Å². The molecule has 0 spiro atoms. The summed E-state index contributed by atoms with van der Waals surface area (Å²) in [5.74, 6) is 0. The number of hydrogen-bond donors (Lipinski definition) is 1. The minimum Gasteiger partial charge on any atom is -0.277 e. The Morgan fingerprint density at radius 2 is 1.40 bits per heavy atom. The highest BCUT2D eigenvalue weighted by molar-refractivity contribution is 4.50. The van der Waals surface area contributed by atoms with Crippen LogP contribution in [-0.4, -0.2) is 13.2 Å². The molecule has 1 rings (SSSR count). The van der Waals surface area contributed by atoms with Crippen LogP contribution in [0.25, 0.3) is 0 Å². The molecule has 1 aliphatic rings. The van der Waals surface area contributed by atoms with Crippen molar-refractivity contribution in [1.82, 2.24) is 5.64 Å². The van der Waals surface area contributed by atoms with Crippen LogP contribution >= 0.6 is 0 Å². The van der Waals surface area contributed by atoms with E-state index < -0.39 is 0 Å². The molecule has 0 aromatic rings. The molecule has 0 saturated heterocycles. The van der Waals surface area contributed by atoms with Crippen LogP contribution < -0.4 is 5.64 Å². The van der Waals surface area contributed by atoms with Gasteiger partial charge < -0.3 is 0 Å². The third-order valence-corrected chi connectivity index (χ3v) is 0.760. The summed E-state index contributed by atoms with van der Waals surface area (Å²) in [4.78, 5) is 9.20.